The van der Waals surface area contributed by atoms with E-state index in [-0.39, 0.29) is 0 Å². The SMILES string of the molecule is CSc1cnc(C[C@H]2CC[C@H](Cc3ccc(I)cn3)C2)nc1. The lowest BCUT2D eigenvalue weighted by atomic mass is 9.98. The summed E-state index contributed by atoms with van der Waals surface area (Å²) in [4.78, 5) is 14.6. The Bertz CT molecular complexity index is 600. The van der Waals surface area contributed by atoms with E-state index < -0.39 is 0 Å². The van der Waals surface area contributed by atoms with Crippen LogP contribution in [0.5, 0.6) is 0 Å². The van der Waals surface area contributed by atoms with Gasteiger partial charge in [0, 0.05) is 39.2 Å². The Balaban J connectivity index is 1.52. The molecule has 0 bridgehead atoms. The topological polar surface area (TPSA) is 38.7 Å². The third-order valence-electron chi connectivity index (χ3n) is 4.32. The molecule has 22 heavy (non-hydrogen) atoms. The molecular formula is C17H20IN3S. The van der Waals surface area contributed by atoms with Crippen molar-refractivity contribution in [2.45, 2.75) is 37.0 Å². The maximum absolute atomic E-state index is 4.54. The van der Waals surface area contributed by atoms with E-state index in [0.717, 1.165) is 35.4 Å². The van der Waals surface area contributed by atoms with E-state index in [1.165, 1.54) is 28.5 Å². The van der Waals surface area contributed by atoms with Gasteiger partial charge in [0.15, 0.2) is 0 Å². The molecule has 0 aliphatic heterocycles. The zero-order valence-electron chi connectivity index (χ0n) is 12.7. The van der Waals surface area contributed by atoms with Crippen molar-refractivity contribution in [1.29, 1.82) is 0 Å². The predicted octanol–water partition coefficient (Wildman–Crippen LogP) is 4.40. The van der Waals surface area contributed by atoms with Crippen LogP contribution in [0.1, 0.15) is 30.8 Å². The van der Waals surface area contributed by atoms with Gasteiger partial charge in [0.2, 0.25) is 0 Å². The van der Waals surface area contributed by atoms with Gasteiger partial charge in [0.1, 0.15) is 5.82 Å². The number of rotatable bonds is 5. The third-order valence-corrected chi connectivity index (χ3v) is 5.65. The fourth-order valence-electron chi connectivity index (χ4n) is 3.18. The Kier molecular flexibility index (Phi) is 5.68. The van der Waals surface area contributed by atoms with Crippen LogP contribution in [0.4, 0.5) is 0 Å². The summed E-state index contributed by atoms with van der Waals surface area (Å²) in [7, 11) is 0. The van der Waals surface area contributed by atoms with Crippen molar-refractivity contribution in [3.05, 3.63) is 45.8 Å². The highest BCUT2D eigenvalue weighted by Crippen LogP contribution is 2.34. The second-order valence-corrected chi connectivity index (χ2v) is 8.09. The number of hydrogen-bond donors (Lipinski definition) is 0. The molecule has 2 aromatic heterocycles. The van der Waals surface area contributed by atoms with Crippen molar-refractivity contribution in [2.75, 3.05) is 6.26 Å². The highest BCUT2D eigenvalue weighted by molar-refractivity contribution is 14.1. The van der Waals surface area contributed by atoms with Crippen LogP contribution in [-0.2, 0) is 12.8 Å². The summed E-state index contributed by atoms with van der Waals surface area (Å²) >= 11 is 3.99. The molecule has 2 aromatic rings. The second kappa shape index (κ2) is 7.73. The first-order valence-electron chi connectivity index (χ1n) is 7.68. The molecule has 5 heteroatoms. The van der Waals surface area contributed by atoms with Gasteiger partial charge in [-0.3, -0.25) is 4.98 Å². The van der Waals surface area contributed by atoms with Gasteiger partial charge in [0.25, 0.3) is 0 Å². The van der Waals surface area contributed by atoms with Crippen LogP contribution in [0, 0.1) is 15.4 Å². The molecule has 3 nitrogen and oxygen atoms in total. The molecule has 0 aromatic carbocycles. The van der Waals surface area contributed by atoms with Gasteiger partial charge >= 0.3 is 0 Å². The van der Waals surface area contributed by atoms with Crippen molar-refractivity contribution >= 4 is 34.4 Å². The van der Waals surface area contributed by atoms with Crippen LogP contribution in [-0.4, -0.2) is 21.2 Å². The number of hydrogen-bond acceptors (Lipinski definition) is 4. The molecule has 0 saturated heterocycles. The Morgan fingerprint density at radius 1 is 1.05 bits per heavy atom. The summed E-state index contributed by atoms with van der Waals surface area (Å²) < 4.78 is 1.21. The minimum atomic E-state index is 0.731. The van der Waals surface area contributed by atoms with E-state index in [9.17, 15) is 0 Å². The van der Waals surface area contributed by atoms with Gasteiger partial charge in [-0.05, 0) is 78.5 Å². The molecule has 3 rings (SSSR count). The minimum absolute atomic E-state index is 0.731. The number of aromatic nitrogens is 3. The van der Waals surface area contributed by atoms with Crippen LogP contribution in [0.25, 0.3) is 0 Å². The summed E-state index contributed by atoms with van der Waals surface area (Å²) in [5.74, 6) is 2.49. The number of thioether (sulfide) groups is 1. The number of nitrogens with zero attached hydrogens (tertiary/aromatic N) is 3. The molecule has 0 unspecified atom stereocenters. The predicted molar refractivity (Wildman–Crippen MR) is 99.0 cm³/mol. The second-order valence-electron chi connectivity index (χ2n) is 5.96. The molecule has 0 amide bonds. The molecule has 2 heterocycles. The van der Waals surface area contributed by atoms with Gasteiger partial charge in [-0.15, -0.1) is 11.8 Å². The fourth-order valence-corrected chi connectivity index (χ4v) is 3.82. The van der Waals surface area contributed by atoms with E-state index in [1.807, 2.05) is 18.6 Å². The molecule has 0 radical (unpaired) electrons. The van der Waals surface area contributed by atoms with Gasteiger partial charge in [-0.2, -0.15) is 0 Å². The lowest BCUT2D eigenvalue weighted by molar-refractivity contribution is 0.476. The smallest absolute Gasteiger partial charge is 0.128 e. The third kappa shape index (κ3) is 4.41. The van der Waals surface area contributed by atoms with Crippen LogP contribution in [0.2, 0.25) is 0 Å². The standard InChI is InChI=1S/C17H20IN3S/c1-22-16-10-20-17(21-11-16)8-13-3-2-12(6-13)7-15-5-4-14(18)9-19-15/h4-5,9-13H,2-3,6-8H2,1H3/t12-,13-/m0/s1. The first-order chi connectivity index (χ1) is 10.7. The van der Waals surface area contributed by atoms with Crippen molar-refractivity contribution in [3.63, 3.8) is 0 Å². The van der Waals surface area contributed by atoms with Crippen LogP contribution in [0.15, 0.2) is 35.6 Å². The summed E-state index contributed by atoms with van der Waals surface area (Å²) in [6, 6.07) is 4.32. The highest BCUT2D eigenvalue weighted by Gasteiger charge is 2.25. The Hall–Kier alpha value is -0.690. The van der Waals surface area contributed by atoms with Crippen molar-refractivity contribution < 1.29 is 0 Å². The molecule has 1 fully saturated rings. The van der Waals surface area contributed by atoms with Crippen molar-refractivity contribution in [2.24, 2.45) is 11.8 Å². The Labute approximate surface area is 149 Å². The van der Waals surface area contributed by atoms with Crippen molar-refractivity contribution in [1.82, 2.24) is 15.0 Å². The first kappa shape index (κ1) is 16.2. The molecule has 0 N–H and O–H groups in total. The zero-order chi connectivity index (χ0) is 15.4. The van der Waals surface area contributed by atoms with Gasteiger partial charge in [-0.1, -0.05) is 0 Å². The zero-order valence-corrected chi connectivity index (χ0v) is 15.7. The van der Waals surface area contributed by atoms with E-state index in [4.69, 9.17) is 0 Å². The van der Waals surface area contributed by atoms with E-state index in [0.29, 0.717) is 0 Å². The molecular weight excluding hydrogens is 405 g/mol. The minimum Gasteiger partial charge on any atom is -0.260 e. The lowest BCUT2D eigenvalue weighted by Gasteiger charge is -2.11. The summed E-state index contributed by atoms with van der Waals surface area (Å²) in [6.45, 7) is 0. The highest BCUT2D eigenvalue weighted by atomic mass is 127. The number of pyridine rings is 1. The summed E-state index contributed by atoms with van der Waals surface area (Å²) in [5.41, 5.74) is 1.23. The van der Waals surface area contributed by atoms with Crippen LogP contribution >= 0.6 is 34.4 Å². The van der Waals surface area contributed by atoms with E-state index in [2.05, 4.69) is 55.9 Å². The van der Waals surface area contributed by atoms with E-state index >= 15 is 0 Å². The molecule has 0 spiro atoms. The normalized spacial score (nSPS) is 21.2. The summed E-state index contributed by atoms with van der Waals surface area (Å²) in [6.07, 6.45) is 13.9. The summed E-state index contributed by atoms with van der Waals surface area (Å²) in [5, 5.41) is 0. The largest absolute Gasteiger partial charge is 0.260 e. The molecule has 1 aliphatic rings. The molecule has 1 aliphatic carbocycles. The Morgan fingerprint density at radius 2 is 1.77 bits per heavy atom. The Morgan fingerprint density at radius 3 is 2.41 bits per heavy atom. The average Bonchev–Trinajstić information content (AvgIpc) is 2.97. The van der Waals surface area contributed by atoms with Crippen LogP contribution in [0.3, 0.4) is 0 Å². The first-order valence-corrected chi connectivity index (χ1v) is 9.98. The maximum atomic E-state index is 4.54. The number of halogens is 1. The quantitative estimate of drug-likeness (QED) is 0.526. The monoisotopic (exact) mass is 425 g/mol. The molecule has 116 valence electrons. The van der Waals surface area contributed by atoms with Gasteiger partial charge in [-0.25, -0.2) is 9.97 Å². The molecule has 1 saturated carbocycles. The van der Waals surface area contributed by atoms with Crippen LogP contribution < -0.4 is 0 Å². The van der Waals surface area contributed by atoms with E-state index in [1.54, 1.807) is 11.8 Å². The van der Waals surface area contributed by atoms with Crippen molar-refractivity contribution in [3.8, 4) is 0 Å². The fraction of sp³-hybridized carbons (Fsp3) is 0.471. The maximum Gasteiger partial charge on any atom is 0.128 e. The lowest BCUT2D eigenvalue weighted by Crippen LogP contribution is -2.06. The average molecular weight is 425 g/mol. The molecule has 2 atom stereocenters. The van der Waals surface area contributed by atoms with Gasteiger partial charge in [0.05, 0.1) is 0 Å². The van der Waals surface area contributed by atoms with Gasteiger partial charge < -0.3 is 0 Å².